The summed E-state index contributed by atoms with van der Waals surface area (Å²) in [5.41, 5.74) is -0.491. The number of ether oxygens (including phenoxy) is 2. The molecule has 1 unspecified atom stereocenters. The largest absolute Gasteiger partial charge is 0.461 e. The van der Waals surface area contributed by atoms with Crippen LogP contribution in [-0.4, -0.2) is 46.3 Å². The summed E-state index contributed by atoms with van der Waals surface area (Å²) in [6.07, 6.45) is 8.18. The lowest BCUT2D eigenvalue weighted by atomic mass is 9.81. The van der Waals surface area contributed by atoms with E-state index in [9.17, 15) is 14.4 Å². The van der Waals surface area contributed by atoms with E-state index in [2.05, 4.69) is 23.8 Å². The normalized spacial score (nSPS) is 20.6. The highest BCUT2D eigenvalue weighted by atomic mass is 16.6. The highest BCUT2D eigenvalue weighted by Crippen LogP contribution is 2.38. The molecule has 1 saturated carbocycles. The molecule has 0 spiro atoms. The number of unbranched alkanes of at least 4 members (excludes halogenated alkanes) is 1. The smallest absolute Gasteiger partial charge is 0.410 e. The lowest BCUT2D eigenvalue weighted by Gasteiger charge is -2.34. The minimum atomic E-state index is -0.567. The molecule has 1 aliphatic heterocycles. The number of amides is 1. The number of H-pyrrole nitrogens is 1. The van der Waals surface area contributed by atoms with E-state index in [-0.39, 0.29) is 35.9 Å². The maximum Gasteiger partial charge on any atom is 0.410 e. The SMILES string of the molecule is CCCCC(C1CCCC1)[C@@H](C)N1C[C@H](COc2nc3oc(=O)cc(CC)c3c(=O)[nH]2)OC1=O. The molecule has 0 radical (unpaired) electrons. The number of carbonyl (C=O) groups is 1. The van der Waals surface area contributed by atoms with Crippen LogP contribution in [-0.2, 0) is 11.2 Å². The van der Waals surface area contributed by atoms with Crippen molar-refractivity contribution in [2.24, 2.45) is 11.8 Å². The van der Waals surface area contributed by atoms with Crippen molar-refractivity contribution in [1.29, 1.82) is 0 Å². The number of nitrogens with zero attached hydrogens (tertiary/aromatic N) is 2. The highest BCUT2D eigenvalue weighted by molar-refractivity contribution is 5.75. The Labute approximate surface area is 198 Å². The average molecular weight is 474 g/mol. The molecule has 9 heteroatoms. The number of fused-ring (bicyclic) bond motifs is 1. The van der Waals surface area contributed by atoms with Gasteiger partial charge in [0.1, 0.15) is 12.0 Å². The van der Waals surface area contributed by atoms with Crippen molar-refractivity contribution in [2.75, 3.05) is 13.2 Å². The minimum absolute atomic E-state index is 0.0458. The van der Waals surface area contributed by atoms with Crippen LogP contribution in [0.3, 0.4) is 0 Å². The average Bonchev–Trinajstić information content (AvgIpc) is 3.47. The summed E-state index contributed by atoms with van der Waals surface area (Å²) in [6.45, 7) is 6.66. The molecule has 3 atom stereocenters. The predicted molar refractivity (Wildman–Crippen MR) is 127 cm³/mol. The molecule has 3 heterocycles. The van der Waals surface area contributed by atoms with E-state index in [4.69, 9.17) is 13.9 Å². The van der Waals surface area contributed by atoms with E-state index in [1.165, 1.54) is 31.7 Å². The Balaban J connectivity index is 1.43. The number of aromatic amines is 1. The Hall–Kier alpha value is -2.84. The molecule has 0 bridgehead atoms. The third-order valence-electron chi connectivity index (χ3n) is 7.37. The van der Waals surface area contributed by atoms with Crippen LogP contribution in [0.2, 0.25) is 0 Å². The molecule has 1 N–H and O–H groups in total. The highest BCUT2D eigenvalue weighted by Gasteiger charge is 2.40. The van der Waals surface area contributed by atoms with Gasteiger partial charge in [-0.1, -0.05) is 52.4 Å². The summed E-state index contributed by atoms with van der Waals surface area (Å²) in [7, 11) is 0. The molecule has 2 fully saturated rings. The lowest BCUT2D eigenvalue weighted by Crippen LogP contribution is -2.42. The maximum atomic E-state index is 12.7. The van der Waals surface area contributed by atoms with E-state index < -0.39 is 17.3 Å². The summed E-state index contributed by atoms with van der Waals surface area (Å²) in [6, 6.07) is 1.34. The van der Waals surface area contributed by atoms with Crippen LogP contribution in [0.5, 0.6) is 6.01 Å². The number of hydrogen-bond donors (Lipinski definition) is 1. The van der Waals surface area contributed by atoms with Gasteiger partial charge >= 0.3 is 11.7 Å². The van der Waals surface area contributed by atoms with E-state index in [1.807, 2.05) is 11.8 Å². The molecular weight excluding hydrogens is 438 g/mol. The quantitative estimate of drug-likeness (QED) is 0.554. The molecule has 2 aliphatic rings. The molecule has 1 aliphatic carbocycles. The number of hydrogen-bond acceptors (Lipinski definition) is 7. The number of nitrogens with one attached hydrogen (secondary N) is 1. The summed E-state index contributed by atoms with van der Waals surface area (Å²) in [4.78, 5) is 45.6. The third kappa shape index (κ3) is 5.13. The zero-order valence-corrected chi connectivity index (χ0v) is 20.3. The van der Waals surface area contributed by atoms with Crippen molar-refractivity contribution < 1.29 is 18.7 Å². The number of cyclic esters (lactones) is 1. The van der Waals surface area contributed by atoms with Gasteiger partial charge in [0.2, 0.25) is 5.71 Å². The minimum Gasteiger partial charge on any atom is -0.461 e. The van der Waals surface area contributed by atoms with Crippen LogP contribution >= 0.6 is 0 Å². The van der Waals surface area contributed by atoms with Gasteiger partial charge in [-0.25, -0.2) is 9.59 Å². The van der Waals surface area contributed by atoms with Gasteiger partial charge in [0.15, 0.2) is 6.10 Å². The summed E-state index contributed by atoms with van der Waals surface area (Å²) < 4.78 is 16.3. The van der Waals surface area contributed by atoms with Gasteiger partial charge in [0, 0.05) is 12.1 Å². The van der Waals surface area contributed by atoms with Gasteiger partial charge in [-0.2, -0.15) is 4.98 Å². The predicted octanol–water partition coefficient (Wildman–Crippen LogP) is 4.02. The van der Waals surface area contributed by atoms with Crippen molar-refractivity contribution in [3.63, 3.8) is 0 Å². The first-order chi connectivity index (χ1) is 16.4. The molecule has 2 aromatic heterocycles. The van der Waals surface area contributed by atoms with Gasteiger partial charge in [0.05, 0.1) is 6.54 Å². The third-order valence-corrected chi connectivity index (χ3v) is 7.37. The fourth-order valence-electron chi connectivity index (χ4n) is 5.54. The van der Waals surface area contributed by atoms with Crippen LogP contribution < -0.4 is 15.9 Å². The van der Waals surface area contributed by atoms with Crippen molar-refractivity contribution in [3.8, 4) is 6.01 Å². The summed E-state index contributed by atoms with van der Waals surface area (Å²) >= 11 is 0. The molecule has 186 valence electrons. The van der Waals surface area contributed by atoms with Crippen LogP contribution in [0, 0.1) is 11.8 Å². The number of carbonyl (C=O) groups excluding carboxylic acids is 1. The van der Waals surface area contributed by atoms with Gasteiger partial charge in [-0.3, -0.25) is 9.78 Å². The van der Waals surface area contributed by atoms with Crippen LogP contribution in [0.25, 0.3) is 11.1 Å². The second-order valence-electron chi connectivity index (χ2n) is 9.56. The van der Waals surface area contributed by atoms with Crippen molar-refractivity contribution in [3.05, 3.63) is 32.4 Å². The standard InChI is InChI=1S/C25H35N3O6/c1-4-6-11-19(17-9-7-8-10-17)15(3)28-13-18(33-25(28)31)14-32-24-26-22(30)21-16(5-2)12-20(29)34-23(21)27-24/h12,15,17-19H,4-11,13-14H2,1-3H3,(H,26,27,30)/t15-,18-,19?/m1/s1. The van der Waals surface area contributed by atoms with E-state index in [0.29, 0.717) is 30.4 Å². The Kier molecular flexibility index (Phi) is 7.58. The first kappa shape index (κ1) is 24.3. The Bertz CT molecular complexity index is 1120. The van der Waals surface area contributed by atoms with Crippen LogP contribution in [0.15, 0.2) is 20.1 Å². The molecule has 9 nitrogen and oxygen atoms in total. The fourth-order valence-corrected chi connectivity index (χ4v) is 5.54. The number of aryl methyl sites for hydroxylation is 1. The van der Waals surface area contributed by atoms with Gasteiger partial charge in [-0.15, -0.1) is 0 Å². The fraction of sp³-hybridized carbons (Fsp3) is 0.680. The van der Waals surface area contributed by atoms with E-state index in [0.717, 1.165) is 19.3 Å². The zero-order chi connectivity index (χ0) is 24.2. The second-order valence-corrected chi connectivity index (χ2v) is 9.56. The first-order valence-corrected chi connectivity index (χ1v) is 12.6. The Morgan fingerprint density at radius 2 is 2.00 bits per heavy atom. The number of aromatic nitrogens is 2. The molecule has 1 amide bonds. The topological polar surface area (TPSA) is 115 Å². The second kappa shape index (κ2) is 10.6. The lowest BCUT2D eigenvalue weighted by molar-refractivity contribution is 0.0952. The monoisotopic (exact) mass is 473 g/mol. The number of rotatable bonds is 10. The van der Waals surface area contributed by atoms with E-state index in [1.54, 1.807) is 0 Å². The van der Waals surface area contributed by atoms with Gasteiger partial charge < -0.3 is 18.8 Å². The van der Waals surface area contributed by atoms with E-state index >= 15 is 0 Å². The van der Waals surface area contributed by atoms with Crippen LogP contribution in [0.1, 0.15) is 71.3 Å². The van der Waals surface area contributed by atoms with Gasteiger partial charge in [-0.05, 0) is 37.2 Å². The zero-order valence-electron chi connectivity index (χ0n) is 20.3. The Morgan fingerprint density at radius 3 is 2.71 bits per heavy atom. The molecule has 2 aromatic rings. The van der Waals surface area contributed by atoms with Crippen molar-refractivity contribution in [2.45, 2.75) is 84.3 Å². The maximum absolute atomic E-state index is 12.7. The van der Waals surface area contributed by atoms with Crippen LogP contribution in [0.4, 0.5) is 4.79 Å². The van der Waals surface area contributed by atoms with Gasteiger partial charge in [0.25, 0.3) is 11.6 Å². The molecule has 0 aromatic carbocycles. The first-order valence-electron chi connectivity index (χ1n) is 12.6. The summed E-state index contributed by atoms with van der Waals surface area (Å²) in [5.74, 6) is 1.14. The summed E-state index contributed by atoms with van der Waals surface area (Å²) in [5, 5.41) is 0.242. The Morgan fingerprint density at radius 1 is 1.24 bits per heavy atom. The molecule has 4 rings (SSSR count). The molecule has 34 heavy (non-hydrogen) atoms. The van der Waals surface area contributed by atoms with Crippen molar-refractivity contribution in [1.82, 2.24) is 14.9 Å². The molecular formula is C25H35N3O6. The molecule has 1 saturated heterocycles. The van der Waals surface area contributed by atoms with Crippen molar-refractivity contribution >= 4 is 17.2 Å².